The SMILES string of the molecule is C[C@@H]1[C@H](N(C)c2cc(F)c(SNc3cscn3)cc2Cl)CCN1Cc1ccccc1. The lowest BCUT2D eigenvalue weighted by Crippen LogP contribution is -2.41. The molecule has 0 unspecified atom stereocenters. The van der Waals surface area contributed by atoms with Gasteiger partial charge in [0.05, 0.1) is 21.1 Å². The quantitative estimate of drug-likeness (QED) is 0.425. The Morgan fingerprint density at radius 1 is 1.33 bits per heavy atom. The Hall–Kier alpha value is -1.80. The molecule has 2 heterocycles. The molecule has 0 saturated carbocycles. The van der Waals surface area contributed by atoms with Crippen molar-refractivity contribution in [1.29, 1.82) is 0 Å². The van der Waals surface area contributed by atoms with E-state index in [4.69, 9.17) is 11.6 Å². The van der Waals surface area contributed by atoms with E-state index in [-0.39, 0.29) is 11.9 Å². The van der Waals surface area contributed by atoms with Crippen LogP contribution in [0.2, 0.25) is 5.02 Å². The lowest BCUT2D eigenvalue weighted by molar-refractivity contribution is 0.250. The molecule has 0 radical (unpaired) electrons. The maximum absolute atomic E-state index is 14.8. The fourth-order valence-electron chi connectivity index (χ4n) is 3.96. The first-order valence-electron chi connectivity index (χ1n) is 9.84. The van der Waals surface area contributed by atoms with Gasteiger partial charge in [0.1, 0.15) is 11.6 Å². The first kappa shape index (κ1) is 21.4. The van der Waals surface area contributed by atoms with E-state index in [1.165, 1.54) is 28.8 Å². The lowest BCUT2D eigenvalue weighted by atomic mass is 10.1. The summed E-state index contributed by atoms with van der Waals surface area (Å²) in [6.07, 6.45) is 1.02. The summed E-state index contributed by atoms with van der Waals surface area (Å²) in [6, 6.07) is 14.4. The molecule has 0 amide bonds. The number of hydrogen-bond acceptors (Lipinski definition) is 6. The third-order valence-electron chi connectivity index (χ3n) is 5.65. The number of halogens is 2. The minimum atomic E-state index is -0.291. The van der Waals surface area contributed by atoms with Crippen molar-refractivity contribution in [1.82, 2.24) is 9.88 Å². The average Bonchev–Trinajstić information content (AvgIpc) is 3.39. The van der Waals surface area contributed by atoms with Crippen LogP contribution in [0.25, 0.3) is 0 Å². The molecule has 4 rings (SSSR count). The average molecular weight is 463 g/mol. The van der Waals surface area contributed by atoms with Crippen LogP contribution in [-0.4, -0.2) is 35.6 Å². The fourth-order valence-corrected chi connectivity index (χ4v) is 5.54. The van der Waals surface area contributed by atoms with Gasteiger partial charge < -0.3 is 9.62 Å². The molecule has 3 aromatic rings. The Balaban J connectivity index is 1.45. The molecule has 1 fully saturated rings. The minimum Gasteiger partial charge on any atom is -0.369 e. The summed E-state index contributed by atoms with van der Waals surface area (Å²) in [6.45, 7) is 4.17. The molecule has 158 valence electrons. The van der Waals surface area contributed by atoms with Gasteiger partial charge in [-0.3, -0.25) is 4.90 Å². The Bertz CT molecular complexity index is 971. The third-order valence-corrected chi connectivity index (χ3v) is 7.38. The van der Waals surface area contributed by atoms with Gasteiger partial charge in [0.15, 0.2) is 0 Å². The number of benzene rings is 2. The number of aromatic nitrogens is 1. The Morgan fingerprint density at radius 2 is 2.13 bits per heavy atom. The van der Waals surface area contributed by atoms with Crippen molar-refractivity contribution in [3.8, 4) is 0 Å². The highest BCUT2D eigenvalue weighted by Gasteiger charge is 2.34. The van der Waals surface area contributed by atoms with E-state index in [1.54, 1.807) is 17.6 Å². The van der Waals surface area contributed by atoms with Crippen LogP contribution < -0.4 is 9.62 Å². The van der Waals surface area contributed by atoms with Crippen molar-refractivity contribution in [3.63, 3.8) is 0 Å². The third kappa shape index (κ3) is 4.75. The Labute approximate surface area is 190 Å². The van der Waals surface area contributed by atoms with Gasteiger partial charge in [-0.15, -0.1) is 11.3 Å². The van der Waals surface area contributed by atoms with Crippen LogP contribution in [0.3, 0.4) is 0 Å². The van der Waals surface area contributed by atoms with E-state index in [1.807, 2.05) is 18.5 Å². The molecule has 2 atom stereocenters. The van der Waals surface area contributed by atoms with Gasteiger partial charge in [0.2, 0.25) is 0 Å². The van der Waals surface area contributed by atoms with E-state index in [0.717, 1.165) is 25.2 Å². The summed E-state index contributed by atoms with van der Waals surface area (Å²) in [7, 11) is 2.01. The number of hydrogen-bond donors (Lipinski definition) is 1. The standard InChI is InChI=1S/C22H24ClFN4S2/c1-15-19(8-9-28(15)12-16-6-4-3-5-7-16)27(2)20-11-18(24)21(10-17(20)23)30-26-22-13-29-14-25-22/h3-7,10-11,13-15,19,26H,8-9,12H2,1-2H3/t15-,19-/m1/s1. The highest BCUT2D eigenvalue weighted by atomic mass is 35.5. The molecule has 4 nitrogen and oxygen atoms in total. The van der Waals surface area contributed by atoms with E-state index < -0.39 is 0 Å². The molecule has 0 aliphatic carbocycles. The van der Waals surface area contributed by atoms with Crippen LogP contribution in [0.1, 0.15) is 18.9 Å². The van der Waals surface area contributed by atoms with Crippen molar-refractivity contribution in [2.75, 3.05) is 23.2 Å². The number of nitrogens with one attached hydrogen (secondary N) is 1. The second-order valence-corrected chi connectivity index (χ2v) is 9.45. The molecule has 2 aromatic carbocycles. The number of thiazole rings is 1. The maximum atomic E-state index is 14.8. The van der Waals surface area contributed by atoms with Crippen LogP contribution in [-0.2, 0) is 6.54 Å². The van der Waals surface area contributed by atoms with Crippen LogP contribution >= 0.6 is 34.9 Å². The summed E-state index contributed by atoms with van der Waals surface area (Å²) in [5.74, 6) is 0.417. The zero-order valence-corrected chi connectivity index (χ0v) is 19.3. The van der Waals surface area contributed by atoms with Gasteiger partial charge >= 0.3 is 0 Å². The number of likely N-dealkylation sites (N-methyl/N-ethyl adjacent to an activating group) is 1. The van der Waals surface area contributed by atoms with E-state index in [9.17, 15) is 4.39 Å². The second kappa shape index (κ2) is 9.56. The van der Waals surface area contributed by atoms with Crippen molar-refractivity contribution in [2.24, 2.45) is 0 Å². The molecule has 1 saturated heterocycles. The molecule has 0 bridgehead atoms. The maximum Gasteiger partial charge on any atom is 0.147 e. The number of rotatable bonds is 7. The van der Waals surface area contributed by atoms with Crippen molar-refractivity contribution < 1.29 is 4.39 Å². The molecule has 30 heavy (non-hydrogen) atoms. The van der Waals surface area contributed by atoms with E-state index in [0.29, 0.717) is 21.8 Å². The van der Waals surface area contributed by atoms with E-state index in [2.05, 4.69) is 50.7 Å². The van der Waals surface area contributed by atoms with Gasteiger partial charge in [0, 0.05) is 37.6 Å². The molecule has 1 aliphatic heterocycles. The smallest absolute Gasteiger partial charge is 0.147 e. The molecule has 1 N–H and O–H groups in total. The number of anilines is 2. The molecule has 0 spiro atoms. The highest BCUT2D eigenvalue weighted by Crippen LogP contribution is 2.36. The van der Waals surface area contributed by atoms with Crippen LogP contribution in [0.15, 0.2) is 58.3 Å². The molecule has 1 aliphatic rings. The monoisotopic (exact) mass is 462 g/mol. The zero-order chi connectivity index (χ0) is 21.1. The van der Waals surface area contributed by atoms with Crippen LogP contribution in [0.5, 0.6) is 0 Å². The minimum absolute atomic E-state index is 0.275. The largest absolute Gasteiger partial charge is 0.369 e. The zero-order valence-electron chi connectivity index (χ0n) is 16.9. The van der Waals surface area contributed by atoms with Crippen LogP contribution in [0, 0.1) is 5.82 Å². The molecule has 1 aromatic heterocycles. The highest BCUT2D eigenvalue weighted by molar-refractivity contribution is 8.00. The van der Waals surface area contributed by atoms with E-state index >= 15 is 0 Å². The predicted octanol–water partition coefficient (Wildman–Crippen LogP) is 6.15. The summed E-state index contributed by atoms with van der Waals surface area (Å²) in [5, 5.41) is 2.42. The van der Waals surface area contributed by atoms with Gasteiger partial charge in [-0.1, -0.05) is 41.9 Å². The molecular formula is C22H24ClFN4S2. The Kier molecular flexibility index (Phi) is 6.83. The first-order chi connectivity index (χ1) is 14.5. The van der Waals surface area contributed by atoms with Crippen LogP contribution in [0.4, 0.5) is 15.9 Å². The van der Waals surface area contributed by atoms with Gasteiger partial charge in [-0.25, -0.2) is 9.37 Å². The van der Waals surface area contributed by atoms with Crippen molar-refractivity contribution in [3.05, 3.63) is 69.8 Å². The molecular weight excluding hydrogens is 439 g/mol. The summed E-state index contributed by atoms with van der Waals surface area (Å²) >= 11 is 9.24. The predicted molar refractivity (Wildman–Crippen MR) is 126 cm³/mol. The van der Waals surface area contributed by atoms with Gasteiger partial charge in [-0.2, -0.15) is 0 Å². The number of nitrogens with zero attached hydrogens (tertiary/aromatic N) is 3. The molecule has 8 heteroatoms. The van der Waals surface area contributed by atoms with Crippen molar-refractivity contribution in [2.45, 2.75) is 36.9 Å². The summed E-state index contributed by atoms with van der Waals surface area (Å²) in [5.41, 5.74) is 3.77. The van der Waals surface area contributed by atoms with Crippen molar-refractivity contribution >= 4 is 46.4 Å². The normalized spacial score (nSPS) is 19.2. The second-order valence-electron chi connectivity index (χ2n) is 7.48. The Morgan fingerprint density at radius 3 is 2.87 bits per heavy atom. The summed E-state index contributed by atoms with van der Waals surface area (Å²) in [4.78, 5) is 9.20. The fraction of sp³-hybridized carbons (Fsp3) is 0.318. The first-order valence-corrected chi connectivity index (χ1v) is 12.0. The topological polar surface area (TPSA) is 31.4 Å². The lowest BCUT2D eigenvalue weighted by Gasteiger charge is -2.33. The van der Waals surface area contributed by atoms with Gasteiger partial charge in [-0.05, 0) is 43.0 Å². The summed E-state index contributed by atoms with van der Waals surface area (Å²) < 4.78 is 17.8. The van der Waals surface area contributed by atoms with Gasteiger partial charge in [0.25, 0.3) is 0 Å². The number of likely N-dealkylation sites (tertiary alicyclic amines) is 1.